The van der Waals surface area contributed by atoms with E-state index >= 15 is 0 Å². The first-order valence-corrected chi connectivity index (χ1v) is 7.07. The Morgan fingerprint density at radius 1 is 0.857 bits per heavy atom. The number of hydrogen-bond donors (Lipinski definition) is 0. The topological polar surface area (TPSA) is 43.1 Å². The molecule has 0 unspecified atom stereocenters. The second kappa shape index (κ2) is 7.44. The molecule has 0 fully saturated rings. The lowest BCUT2D eigenvalue weighted by molar-refractivity contribution is 0.558. The number of rotatable bonds is 2. The van der Waals surface area contributed by atoms with Crippen molar-refractivity contribution in [1.29, 1.82) is 0 Å². The third-order valence-corrected chi connectivity index (χ3v) is 3.80. The molecule has 0 aliphatic carbocycles. The van der Waals surface area contributed by atoms with E-state index < -0.39 is 10.8 Å². The molecule has 0 radical (unpaired) electrons. The lowest BCUT2D eigenvalue weighted by Crippen LogP contribution is -1.92. The molecule has 0 saturated carbocycles. The van der Waals surface area contributed by atoms with Gasteiger partial charge in [-0.05, 0) is 48.5 Å². The highest BCUT2D eigenvalue weighted by Crippen LogP contribution is 2.16. The number of halogens is 2. The Morgan fingerprint density at radius 2 is 1.33 bits per heavy atom. The fourth-order valence-corrected chi connectivity index (χ4v) is 2.47. The summed E-state index contributed by atoms with van der Waals surface area (Å²) >= 11 is 0. The SMILES string of the molecule is O=S(c1ccc(F)cc1)c1ccc(F)cc1.c1cocn1. The Labute approximate surface area is 122 Å². The predicted octanol–water partition coefficient (Wildman–Crippen LogP) is 3.81. The monoisotopic (exact) mass is 307 g/mol. The quantitative estimate of drug-likeness (QED) is 0.723. The van der Waals surface area contributed by atoms with Gasteiger partial charge in [0, 0.05) is 9.79 Å². The van der Waals surface area contributed by atoms with Crippen LogP contribution in [-0.2, 0) is 10.8 Å². The third kappa shape index (κ3) is 4.61. The zero-order valence-corrected chi connectivity index (χ0v) is 11.6. The molecule has 6 heteroatoms. The molecule has 0 atom stereocenters. The number of oxazole rings is 1. The van der Waals surface area contributed by atoms with Gasteiger partial charge >= 0.3 is 0 Å². The average Bonchev–Trinajstić information content (AvgIpc) is 3.08. The van der Waals surface area contributed by atoms with Crippen LogP contribution < -0.4 is 0 Å². The highest BCUT2D eigenvalue weighted by molar-refractivity contribution is 7.85. The van der Waals surface area contributed by atoms with Crippen LogP contribution in [0.25, 0.3) is 0 Å². The van der Waals surface area contributed by atoms with Crippen LogP contribution in [0.3, 0.4) is 0 Å². The Bertz CT molecular complexity index is 618. The smallest absolute Gasteiger partial charge is 0.180 e. The van der Waals surface area contributed by atoms with Gasteiger partial charge < -0.3 is 4.42 Å². The Kier molecular flexibility index (Phi) is 5.34. The molecule has 108 valence electrons. The summed E-state index contributed by atoms with van der Waals surface area (Å²) in [7, 11) is -1.40. The van der Waals surface area contributed by atoms with Crippen LogP contribution in [0.2, 0.25) is 0 Å². The van der Waals surface area contributed by atoms with Crippen molar-refractivity contribution in [3.63, 3.8) is 0 Å². The molecule has 3 aromatic rings. The van der Waals surface area contributed by atoms with E-state index in [1.165, 1.54) is 61.2 Å². The zero-order chi connectivity index (χ0) is 15.1. The number of nitrogens with zero attached hydrogens (tertiary/aromatic N) is 1. The maximum absolute atomic E-state index is 12.7. The Morgan fingerprint density at radius 3 is 1.62 bits per heavy atom. The minimum atomic E-state index is -1.40. The minimum absolute atomic E-state index is 0.375. The summed E-state index contributed by atoms with van der Waals surface area (Å²) in [6, 6.07) is 10.8. The van der Waals surface area contributed by atoms with Crippen LogP contribution in [0.4, 0.5) is 8.78 Å². The molecule has 1 aromatic heterocycles. The van der Waals surface area contributed by atoms with Crippen molar-refractivity contribution in [1.82, 2.24) is 4.98 Å². The van der Waals surface area contributed by atoms with Crippen LogP contribution in [0.5, 0.6) is 0 Å². The van der Waals surface area contributed by atoms with Crippen LogP contribution in [0.1, 0.15) is 0 Å². The van der Waals surface area contributed by atoms with E-state index in [4.69, 9.17) is 0 Å². The molecule has 3 rings (SSSR count). The van der Waals surface area contributed by atoms with E-state index in [9.17, 15) is 13.0 Å². The van der Waals surface area contributed by atoms with Gasteiger partial charge in [-0.15, -0.1) is 0 Å². The third-order valence-electron chi connectivity index (χ3n) is 2.40. The maximum atomic E-state index is 12.7. The average molecular weight is 307 g/mol. The summed E-state index contributed by atoms with van der Waals surface area (Å²) in [5.41, 5.74) is 0. The summed E-state index contributed by atoms with van der Waals surface area (Å²) in [5, 5.41) is 0. The first-order valence-electron chi connectivity index (χ1n) is 5.92. The molecule has 3 nitrogen and oxygen atoms in total. The lowest BCUT2D eigenvalue weighted by Gasteiger charge is -2.01. The largest absolute Gasteiger partial charge is 0.452 e. The van der Waals surface area contributed by atoms with Gasteiger partial charge in [-0.2, -0.15) is 0 Å². The van der Waals surface area contributed by atoms with Gasteiger partial charge in [0.05, 0.1) is 17.0 Å². The molecular weight excluding hydrogens is 296 g/mol. The molecule has 21 heavy (non-hydrogen) atoms. The van der Waals surface area contributed by atoms with Crippen LogP contribution >= 0.6 is 0 Å². The zero-order valence-electron chi connectivity index (χ0n) is 10.8. The van der Waals surface area contributed by atoms with Crippen molar-refractivity contribution in [2.45, 2.75) is 9.79 Å². The molecule has 0 N–H and O–H groups in total. The van der Waals surface area contributed by atoms with E-state index in [-0.39, 0.29) is 11.6 Å². The fraction of sp³-hybridized carbons (Fsp3) is 0. The normalized spacial score (nSPS) is 10.0. The number of benzene rings is 2. The fourth-order valence-electron chi connectivity index (χ4n) is 1.43. The molecule has 2 aromatic carbocycles. The molecule has 0 aliphatic heterocycles. The van der Waals surface area contributed by atoms with Gasteiger partial charge in [0.1, 0.15) is 17.9 Å². The van der Waals surface area contributed by atoms with E-state index in [0.29, 0.717) is 9.79 Å². The molecular formula is C15H11F2NO2S. The summed E-state index contributed by atoms with van der Waals surface area (Å²) in [6.45, 7) is 0. The highest BCUT2D eigenvalue weighted by Gasteiger charge is 2.06. The minimum Gasteiger partial charge on any atom is -0.452 e. The first kappa shape index (κ1) is 15.1. The van der Waals surface area contributed by atoms with Crippen molar-refractivity contribution in [3.05, 3.63) is 79.0 Å². The Balaban J connectivity index is 0.000000272. The van der Waals surface area contributed by atoms with Crippen molar-refractivity contribution in [3.8, 4) is 0 Å². The standard InChI is InChI=1S/C12H8F2OS.C3H3NO/c13-9-1-5-11(6-2-9)16(15)12-7-3-10(14)4-8-12;1-2-5-3-4-1/h1-8H;1-3H. The number of hydrogen-bond acceptors (Lipinski definition) is 3. The number of aromatic nitrogens is 1. The second-order valence-corrected chi connectivity index (χ2v) is 5.33. The van der Waals surface area contributed by atoms with Gasteiger partial charge in [0.2, 0.25) is 0 Å². The van der Waals surface area contributed by atoms with Gasteiger partial charge in [-0.25, -0.2) is 18.0 Å². The second-order valence-electron chi connectivity index (χ2n) is 3.85. The van der Waals surface area contributed by atoms with Gasteiger partial charge in [-0.1, -0.05) is 0 Å². The van der Waals surface area contributed by atoms with Gasteiger partial charge in [-0.3, -0.25) is 0 Å². The van der Waals surface area contributed by atoms with Crippen molar-refractivity contribution >= 4 is 10.8 Å². The molecule has 0 aliphatic rings. The van der Waals surface area contributed by atoms with Crippen molar-refractivity contribution < 1.29 is 17.4 Å². The maximum Gasteiger partial charge on any atom is 0.180 e. The van der Waals surface area contributed by atoms with Crippen molar-refractivity contribution in [2.24, 2.45) is 0 Å². The summed E-state index contributed by atoms with van der Waals surface area (Å²) in [6.07, 6.45) is 4.47. The Hall–Kier alpha value is -2.34. The summed E-state index contributed by atoms with van der Waals surface area (Å²) in [5.74, 6) is -0.750. The molecule has 0 spiro atoms. The lowest BCUT2D eigenvalue weighted by atomic mass is 10.3. The summed E-state index contributed by atoms with van der Waals surface area (Å²) in [4.78, 5) is 4.54. The first-order chi connectivity index (χ1) is 10.2. The highest BCUT2D eigenvalue weighted by atomic mass is 32.2. The predicted molar refractivity (Wildman–Crippen MR) is 74.0 cm³/mol. The van der Waals surface area contributed by atoms with Crippen LogP contribution in [-0.4, -0.2) is 9.19 Å². The molecule has 0 saturated heterocycles. The van der Waals surface area contributed by atoms with Crippen molar-refractivity contribution in [2.75, 3.05) is 0 Å². The molecule has 0 bridgehead atoms. The van der Waals surface area contributed by atoms with Gasteiger partial charge in [0.15, 0.2) is 6.39 Å². The molecule has 0 amide bonds. The van der Waals surface area contributed by atoms with E-state index in [2.05, 4.69) is 9.40 Å². The van der Waals surface area contributed by atoms with E-state index in [1.54, 1.807) is 6.20 Å². The van der Waals surface area contributed by atoms with Crippen LogP contribution in [0, 0.1) is 11.6 Å². The van der Waals surface area contributed by atoms with E-state index in [1.807, 2.05) is 0 Å². The van der Waals surface area contributed by atoms with E-state index in [0.717, 1.165) is 0 Å². The van der Waals surface area contributed by atoms with Crippen LogP contribution in [0.15, 0.2) is 81.6 Å². The van der Waals surface area contributed by atoms with Gasteiger partial charge in [0.25, 0.3) is 0 Å². The summed E-state index contributed by atoms with van der Waals surface area (Å²) < 4.78 is 41.7. The molecule has 1 heterocycles.